The van der Waals surface area contributed by atoms with Crippen molar-refractivity contribution in [1.82, 2.24) is 10.2 Å². The zero-order valence-electron chi connectivity index (χ0n) is 6.83. The van der Waals surface area contributed by atoms with Crippen LogP contribution in [0.15, 0.2) is 10.5 Å². The maximum absolute atomic E-state index is 5.91. The smallest absolute Gasteiger partial charge is 0.250 e. The van der Waals surface area contributed by atoms with Crippen LogP contribution in [-0.4, -0.2) is 10.2 Å². The molecule has 2 rings (SSSR count). The standard InChI is InChI=1S/C7H5Cl2N3OS/c8-4-1-3(6(9)14-4)7-12-11-5(2-10)13-7/h1H,2,10H2. The normalized spacial score (nSPS) is 10.8. The molecule has 0 radical (unpaired) electrons. The molecule has 0 aliphatic heterocycles. The Morgan fingerprint density at radius 1 is 1.43 bits per heavy atom. The first-order valence-corrected chi connectivity index (χ1v) is 5.25. The van der Waals surface area contributed by atoms with Crippen molar-refractivity contribution in [2.24, 2.45) is 5.73 Å². The summed E-state index contributed by atoms with van der Waals surface area (Å²) in [4.78, 5) is 0. The van der Waals surface area contributed by atoms with E-state index in [1.54, 1.807) is 6.07 Å². The summed E-state index contributed by atoms with van der Waals surface area (Å²) < 4.78 is 6.34. The van der Waals surface area contributed by atoms with Crippen molar-refractivity contribution in [3.8, 4) is 11.5 Å². The van der Waals surface area contributed by atoms with Crippen LogP contribution in [0.25, 0.3) is 11.5 Å². The Bertz CT molecular complexity index is 453. The van der Waals surface area contributed by atoms with Crippen molar-refractivity contribution in [3.63, 3.8) is 0 Å². The van der Waals surface area contributed by atoms with Gasteiger partial charge in [-0.3, -0.25) is 0 Å². The van der Waals surface area contributed by atoms with E-state index in [-0.39, 0.29) is 6.54 Å². The largest absolute Gasteiger partial charge is 0.419 e. The Labute approximate surface area is 93.6 Å². The van der Waals surface area contributed by atoms with Crippen LogP contribution >= 0.6 is 34.5 Å². The molecule has 0 aliphatic rings. The zero-order chi connectivity index (χ0) is 10.1. The molecular weight excluding hydrogens is 245 g/mol. The summed E-state index contributed by atoms with van der Waals surface area (Å²) in [5, 5.41) is 7.52. The van der Waals surface area contributed by atoms with Gasteiger partial charge in [0.05, 0.1) is 16.4 Å². The second kappa shape index (κ2) is 3.86. The second-order valence-electron chi connectivity index (χ2n) is 2.44. The van der Waals surface area contributed by atoms with Crippen molar-refractivity contribution in [2.45, 2.75) is 6.54 Å². The lowest BCUT2D eigenvalue weighted by Gasteiger charge is -1.88. The molecule has 2 aromatic rings. The van der Waals surface area contributed by atoms with Crippen molar-refractivity contribution >= 4 is 34.5 Å². The van der Waals surface area contributed by atoms with Crippen molar-refractivity contribution in [1.29, 1.82) is 0 Å². The summed E-state index contributed by atoms with van der Waals surface area (Å²) >= 11 is 12.9. The van der Waals surface area contributed by atoms with Gasteiger partial charge >= 0.3 is 0 Å². The first-order chi connectivity index (χ1) is 6.70. The molecule has 0 fully saturated rings. The van der Waals surface area contributed by atoms with Crippen molar-refractivity contribution in [3.05, 3.63) is 20.6 Å². The van der Waals surface area contributed by atoms with E-state index < -0.39 is 0 Å². The first-order valence-electron chi connectivity index (χ1n) is 3.68. The molecule has 0 bridgehead atoms. The lowest BCUT2D eigenvalue weighted by Crippen LogP contribution is -1.95. The van der Waals surface area contributed by atoms with Crippen molar-refractivity contribution < 1.29 is 4.42 Å². The third kappa shape index (κ3) is 1.76. The van der Waals surface area contributed by atoms with Crippen LogP contribution < -0.4 is 5.73 Å². The summed E-state index contributed by atoms with van der Waals surface area (Å²) in [6, 6.07) is 1.68. The van der Waals surface area contributed by atoms with Crippen LogP contribution in [0.2, 0.25) is 8.67 Å². The number of nitrogens with two attached hydrogens (primary N) is 1. The fourth-order valence-electron chi connectivity index (χ4n) is 0.931. The fourth-order valence-corrected chi connectivity index (χ4v) is 2.38. The average Bonchev–Trinajstić information content (AvgIpc) is 2.71. The Hall–Kier alpha value is -0.620. The third-order valence-electron chi connectivity index (χ3n) is 1.53. The number of hydrogen-bond acceptors (Lipinski definition) is 5. The number of aromatic nitrogens is 2. The molecular formula is C7H5Cl2N3OS. The van der Waals surface area contributed by atoms with Gasteiger partial charge in [-0.15, -0.1) is 21.5 Å². The number of halogens is 2. The molecule has 2 aromatic heterocycles. The van der Waals surface area contributed by atoms with Gasteiger partial charge in [-0.25, -0.2) is 0 Å². The molecule has 0 amide bonds. The highest BCUT2D eigenvalue weighted by atomic mass is 35.5. The minimum absolute atomic E-state index is 0.211. The molecule has 0 unspecified atom stereocenters. The second-order valence-corrected chi connectivity index (χ2v) is 4.73. The number of thiophene rings is 1. The van der Waals surface area contributed by atoms with E-state index in [0.29, 0.717) is 26.0 Å². The maximum atomic E-state index is 5.91. The van der Waals surface area contributed by atoms with E-state index in [2.05, 4.69) is 10.2 Å². The lowest BCUT2D eigenvalue weighted by molar-refractivity contribution is 0.509. The highest BCUT2D eigenvalue weighted by Crippen LogP contribution is 2.37. The number of hydrogen-bond donors (Lipinski definition) is 1. The van der Waals surface area contributed by atoms with Crippen molar-refractivity contribution in [2.75, 3.05) is 0 Å². The van der Waals surface area contributed by atoms with E-state index >= 15 is 0 Å². The minimum Gasteiger partial charge on any atom is -0.419 e. The molecule has 4 nitrogen and oxygen atoms in total. The van der Waals surface area contributed by atoms with Crippen LogP contribution in [0.4, 0.5) is 0 Å². The quantitative estimate of drug-likeness (QED) is 0.889. The van der Waals surface area contributed by atoms with Crippen LogP contribution in [0.3, 0.4) is 0 Å². The fraction of sp³-hybridized carbons (Fsp3) is 0.143. The van der Waals surface area contributed by atoms with Gasteiger partial charge in [0.25, 0.3) is 0 Å². The molecule has 0 saturated heterocycles. The molecule has 0 aromatic carbocycles. The topological polar surface area (TPSA) is 64.9 Å². The molecule has 14 heavy (non-hydrogen) atoms. The summed E-state index contributed by atoms with van der Waals surface area (Å²) in [5.74, 6) is 0.719. The molecule has 2 N–H and O–H groups in total. The Morgan fingerprint density at radius 2 is 2.21 bits per heavy atom. The van der Waals surface area contributed by atoms with E-state index in [0.717, 1.165) is 0 Å². The van der Waals surface area contributed by atoms with Gasteiger partial charge in [0.15, 0.2) is 0 Å². The van der Waals surface area contributed by atoms with Crippen LogP contribution in [0.5, 0.6) is 0 Å². The summed E-state index contributed by atoms with van der Waals surface area (Å²) in [7, 11) is 0. The van der Waals surface area contributed by atoms with E-state index in [4.69, 9.17) is 33.4 Å². The van der Waals surface area contributed by atoms with Gasteiger partial charge in [-0.2, -0.15) is 0 Å². The number of rotatable bonds is 2. The Morgan fingerprint density at radius 3 is 2.71 bits per heavy atom. The Balaban J connectivity index is 2.43. The molecule has 2 heterocycles. The third-order valence-corrected chi connectivity index (χ3v) is 3.02. The SMILES string of the molecule is NCc1nnc(-c2cc(Cl)sc2Cl)o1. The Kier molecular flexibility index (Phi) is 2.73. The van der Waals surface area contributed by atoms with Crippen LogP contribution in [0.1, 0.15) is 5.89 Å². The zero-order valence-corrected chi connectivity index (χ0v) is 9.16. The number of nitrogens with zero attached hydrogens (tertiary/aromatic N) is 2. The molecule has 0 atom stereocenters. The molecule has 7 heteroatoms. The summed E-state index contributed by atoms with van der Waals surface area (Å²) in [5.41, 5.74) is 5.98. The maximum Gasteiger partial charge on any atom is 0.250 e. The monoisotopic (exact) mass is 249 g/mol. The van der Waals surface area contributed by atoms with E-state index in [9.17, 15) is 0 Å². The minimum atomic E-state index is 0.211. The highest BCUT2D eigenvalue weighted by molar-refractivity contribution is 7.20. The molecule has 0 spiro atoms. The van der Waals surface area contributed by atoms with Gasteiger partial charge in [0, 0.05) is 0 Å². The lowest BCUT2D eigenvalue weighted by atomic mass is 10.3. The van der Waals surface area contributed by atoms with E-state index in [1.165, 1.54) is 11.3 Å². The predicted molar refractivity (Wildman–Crippen MR) is 55.5 cm³/mol. The van der Waals surface area contributed by atoms with Gasteiger partial charge in [0.2, 0.25) is 11.8 Å². The molecule has 0 saturated carbocycles. The molecule has 0 aliphatic carbocycles. The summed E-state index contributed by atoms with van der Waals surface area (Å²) in [6.45, 7) is 0.211. The van der Waals surface area contributed by atoms with E-state index in [1.807, 2.05) is 0 Å². The van der Waals surface area contributed by atoms with Gasteiger partial charge in [0.1, 0.15) is 4.34 Å². The van der Waals surface area contributed by atoms with Gasteiger partial charge < -0.3 is 10.2 Å². The first kappa shape index (κ1) is 9.92. The van der Waals surface area contributed by atoms with Gasteiger partial charge in [-0.1, -0.05) is 23.2 Å². The predicted octanol–water partition coefficient (Wildman–Crippen LogP) is 2.56. The van der Waals surface area contributed by atoms with Crippen LogP contribution in [0, 0.1) is 0 Å². The van der Waals surface area contributed by atoms with Gasteiger partial charge in [-0.05, 0) is 6.07 Å². The molecule has 74 valence electrons. The highest BCUT2D eigenvalue weighted by Gasteiger charge is 2.14. The summed E-state index contributed by atoms with van der Waals surface area (Å²) in [6.07, 6.45) is 0. The van der Waals surface area contributed by atoms with Crippen LogP contribution in [-0.2, 0) is 6.54 Å². The average molecular weight is 250 g/mol.